The number of halogens is 1. The summed E-state index contributed by atoms with van der Waals surface area (Å²) in [5.74, 6) is 2.37. The Morgan fingerprint density at radius 1 is 1.29 bits per heavy atom. The van der Waals surface area contributed by atoms with Crippen molar-refractivity contribution in [1.82, 2.24) is 10.6 Å². The fourth-order valence-electron chi connectivity index (χ4n) is 1.91. The Morgan fingerprint density at radius 2 is 1.95 bits per heavy atom. The summed E-state index contributed by atoms with van der Waals surface area (Å²) in [6.07, 6.45) is -0.0246. The van der Waals surface area contributed by atoms with Crippen LogP contribution in [0, 0.1) is 0 Å². The van der Waals surface area contributed by atoms with Gasteiger partial charge in [0.2, 0.25) is 0 Å². The van der Waals surface area contributed by atoms with Gasteiger partial charge in [-0.3, -0.25) is 4.99 Å². The molecule has 1 aliphatic rings. The van der Waals surface area contributed by atoms with E-state index in [1.165, 1.54) is 0 Å². The van der Waals surface area contributed by atoms with Gasteiger partial charge in [0.05, 0.1) is 6.54 Å². The van der Waals surface area contributed by atoms with Gasteiger partial charge in [0.25, 0.3) is 0 Å². The molecule has 21 heavy (non-hydrogen) atoms. The fraction of sp³-hybridized carbons (Fsp3) is 0.533. The molecule has 0 bridgehead atoms. The van der Waals surface area contributed by atoms with Crippen LogP contribution in [0.1, 0.15) is 20.8 Å². The van der Waals surface area contributed by atoms with E-state index in [9.17, 15) is 0 Å². The molecular formula is C15H24IN3O2. The fourth-order valence-corrected chi connectivity index (χ4v) is 1.91. The number of ether oxygens (including phenoxy) is 2. The van der Waals surface area contributed by atoms with Crippen molar-refractivity contribution in [2.45, 2.75) is 32.4 Å². The highest BCUT2D eigenvalue weighted by molar-refractivity contribution is 14.0. The zero-order valence-corrected chi connectivity index (χ0v) is 15.3. The molecule has 1 aromatic carbocycles. The lowest BCUT2D eigenvalue weighted by atomic mass is 10.1. The Morgan fingerprint density at radius 3 is 2.57 bits per heavy atom. The van der Waals surface area contributed by atoms with Crippen molar-refractivity contribution in [2.24, 2.45) is 4.99 Å². The van der Waals surface area contributed by atoms with Gasteiger partial charge in [-0.15, -0.1) is 24.0 Å². The maximum atomic E-state index is 5.89. The van der Waals surface area contributed by atoms with Crippen LogP contribution in [-0.4, -0.2) is 37.8 Å². The number of hydrogen-bond donors (Lipinski definition) is 2. The highest BCUT2D eigenvalue weighted by Gasteiger charge is 2.21. The molecule has 0 saturated carbocycles. The average molecular weight is 405 g/mol. The van der Waals surface area contributed by atoms with Gasteiger partial charge in [0, 0.05) is 12.6 Å². The van der Waals surface area contributed by atoms with Gasteiger partial charge >= 0.3 is 0 Å². The SMILES string of the molecule is CN=C(NCC1COc2ccccc2O1)NC(C)(C)C.I. The van der Waals surface area contributed by atoms with E-state index >= 15 is 0 Å². The van der Waals surface area contributed by atoms with E-state index in [2.05, 4.69) is 36.4 Å². The molecule has 6 heteroatoms. The molecule has 1 atom stereocenters. The van der Waals surface area contributed by atoms with E-state index in [-0.39, 0.29) is 35.6 Å². The first-order valence-electron chi connectivity index (χ1n) is 6.85. The van der Waals surface area contributed by atoms with Crippen LogP contribution in [0.2, 0.25) is 0 Å². The van der Waals surface area contributed by atoms with Crippen molar-refractivity contribution in [3.05, 3.63) is 24.3 Å². The van der Waals surface area contributed by atoms with Crippen LogP contribution in [0.25, 0.3) is 0 Å². The van der Waals surface area contributed by atoms with Crippen molar-refractivity contribution in [3.8, 4) is 11.5 Å². The minimum absolute atomic E-state index is 0. The van der Waals surface area contributed by atoms with Gasteiger partial charge in [-0.05, 0) is 32.9 Å². The summed E-state index contributed by atoms with van der Waals surface area (Å²) in [5, 5.41) is 6.57. The average Bonchev–Trinajstić information content (AvgIpc) is 2.42. The highest BCUT2D eigenvalue weighted by atomic mass is 127. The molecule has 0 saturated heterocycles. The highest BCUT2D eigenvalue weighted by Crippen LogP contribution is 2.30. The third-order valence-electron chi connectivity index (χ3n) is 2.78. The predicted octanol–water partition coefficient (Wildman–Crippen LogP) is 2.41. The van der Waals surface area contributed by atoms with Crippen LogP contribution in [0.3, 0.4) is 0 Å². The molecule has 2 N–H and O–H groups in total. The quantitative estimate of drug-likeness (QED) is 0.451. The number of fused-ring (bicyclic) bond motifs is 1. The second kappa shape index (κ2) is 7.72. The number of aliphatic imine (C=N–C) groups is 1. The van der Waals surface area contributed by atoms with E-state index < -0.39 is 0 Å². The Balaban J connectivity index is 0.00000220. The largest absolute Gasteiger partial charge is 0.486 e. The molecule has 118 valence electrons. The van der Waals surface area contributed by atoms with Crippen LogP contribution < -0.4 is 20.1 Å². The number of guanidine groups is 1. The Hall–Kier alpha value is -1.18. The molecular weight excluding hydrogens is 381 g/mol. The predicted molar refractivity (Wildman–Crippen MR) is 96.0 cm³/mol. The third-order valence-corrected chi connectivity index (χ3v) is 2.78. The summed E-state index contributed by atoms with van der Waals surface area (Å²) in [4.78, 5) is 4.20. The van der Waals surface area contributed by atoms with Gasteiger partial charge in [-0.25, -0.2) is 0 Å². The van der Waals surface area contributed by atoms with Gasteiger partial charge in [-0.1, -0.05) is 12.1 Å². The number of nitrogens with one attached hydrogen (secondary N) is 2. The first-order valence-corrected chi connectivity index (χ1v) is 6.85. The first kappa shape index (κ1) is 17.9. The van der Waals surface area contributed by atoms with E-state index in [1.54, 1.807) is 7.05 Å². The zero-order valence-electron chi connectivity index (χ0n) is 13.0. The minimum Gasteiger partial charge on any atom is -0.486 e. The first-order chi connectivity index (χ1) is 9.48. The van der Waals surface area contributed by atoms with Crippen LogP contribution in [0.5, 0.6) is 11.5 Å². The standard InChI is InChI=1S/C15H23N3O2.HI/c1-15(2,3)18-14(16-4)17-9-11-10-19-12-7-5-6-8-13(12)20-11;/h5-8,11H,9-10H2,1-4H3,(H2,16,17,18);1H. The molecule has 1 aromatic rings. The van der Waals surface area contributed by atoms with Crippen molar-refractivity contribution >= 4 is 29.9 Å². The summed E-state index contributed by atoms with van der Waals surface area (Å²) < 4.78 is 11.6. The van der Waals surface area contributed by atoms with Gasteiger partial charge < -0.3 is 20.1 Å². The van der Waals surface area contributed by atoms with Gasteiger partial charge in [0.15, 0.2) is 17.5 Å². The molecule has 0 fully saturated rings. The minimum atomic E-state index is -0.0294. The second-order valence-corrected chi connectivity index (χ2v) is 5.83. The molecule has 1 unspecified atom stereocenters. The third kappa shape index (κ3) is 5.61. The number of nitrogens with zero attached hydrogens (tertiary/aromatic N) is 1. The molecule has 0 spiro atoms. The lowest BCUT2D eigenvalue weighted by Gasteiger charge is -2.28. The number of para-hydroxylation sites is 2. The molecule has 0 aliphatic carbocycles. The topological polar surface area (TPSA) is 54.9 Å². The van der Waals surface area contributed by atoms with Crippen LogP contribution in [0.4, 0.5) is 0 Å². The Kier molecular flexibility index (Phi) is 6.57. The van der Waals surface area contributed by atoms with E-state index in [0.29, 0.717) is 13.2 Å². The van der Waals surface area contributed by atoms with E-state index in [4.69, 9.17) is 9.47 Å². The molecule has 2 rings (SSSR count). The summed E-state index contributed by atoms with van der Waals surface area (Å²) in [5.41, 5.74) is -0.0294. The van der Waals surface area contributed by atoms with Crippen LogP contribution in [0.15, 0.2) is 29.3 Å². The van der Waals surface area contributed by atoms with Crippen molar-refractivity contribution in [2.75, 3.05) is 20.2 Å². The van der Waals surface area contributed by atoms with Crippen molar-refractivity contribution in [3.63, 3.8) is 0 Å². The van der Waals surface area contributed by atoms with Crippen LogP contribution in [-0.2, 0) is 0 Å². The Labute approximate surface area is 143 Å². The summed E-state index contributed by atoms with van der Waals surface area (Å²) in [6.45, 7) is 7.46. The lowest BCUT2D eigenvalue weighted by molar-refractivity contribution is 0.0935. The lowest BCUT2D eigenvalue weighted by Crippen LogP contribution is -2.50. The normalized spacial score (nSPS) is 17.7. The maximum Gasteiger partial charge on any atom is 0.191 e. The zero-order chi connectivity index (χ0) is 14.6. The van der Waals surface area contributed by atoms with E-state index in [1.807, 2.05) is 24.3 Å². The van der Waals surface area contributed by atoms with Gasteiger partial charge in [-0.2, -0.15) is 0 Å². The molecule has 5 nitrogen and oxygen atoms in total. The number of hydrogen-bond acceptors (Lipinski definition) is 3. The maximum absolute atomic E-state index is 5.89. The number of rotatable bonds is 2. The summed E-state index contributed by atoms with van der Waals surface area (Å²) >= 11 is 0. The smallest absolute Gasteiger partial charge is 0.191 e. The number of benzene rings is 1. The summed E-state index contributed by atoms with van der Waals surface area (Å²) in [7, 11) is 1.76. The summed E-state index contributed by atoms with van der Waals surface area (Å²) in [6, 6.07) is 7.72. The second-order valence-electron chi connectivity index (χ2n) is 5.83. The Bertz CT molecular complexity index is 486. The molecule has 1 heterocycles. The van der Waals surface area contributed by atoms with Gasteiger partial charge in [0.1, 0.15) is 12.7 Å². The van der Waals surface area contributed by atoms with Crippen molar-refractivity contribution < 1.29 is 9.47 Å². The van der Waals surface area contributed by atoms with E-state index in [0.717, 1.165) is 17.5 Å². The molecule has 0 radical (unpaired) electrons. The van der Waals surface area contributed by atoms with Crippen LogP contribution >= 0.6 is 24.0 Å². The molecule has 0 amide bonds. The van der Waals surface area contributed by atoms with Crippen molar-refractivity contribution in [1.29, 1.82) is 0 Å². The monoisotopic (exact) mass is 405 g/mol. The molecule has 1 aliphatic heterocycles. The molecule has 0 aromatic heterocycles.